The van der Waals surface area contributed by atoms with E-state index in [1.54, 1.807) is 24.3 Å². The van der Waals surface area contributed by atoms with Crippen molar-refractivity contribution in [3.63, 3.8) is 0 Å². The molecule has 0 unspecified atom stereocenters. The molecule has 0 heterocycles. The van der Waals surface area contributed by atoms with Gasteiger partial charge in [0, 0.05) is 5.02 Å². The van der Waals surface area contributed by atoms with Crippen LogP contribution in [0, 0.1) is 0 Å². The molecular formula is C8H7ClN2O. The lowest BCUT2D eigenvalue weighted by Crippen LogP contribution is -1.88. The van der Waals surface area contributed by atoms with E-state index in [4.69, 9.17) is 11.6 Å². The van der Waals surface area contributed by atoms with Gasteiger partial charge in [-0.25, -0.2) is 0 Å². The molecule has 1 N–H and O–H groups in total. The van der Waals surface area contributed by atoms with Gasteiger partial charge < -0.3 is 0 Å². The van der Waals surface area contributed by atoms with Crippen molar-refractivity contribution in [3.05, 3.63) is 29.3 Å². The molecule has 0 aromatic heterocycles. The van der Waals surface area contributed by atoms with Gasteiger partial charge in [0.1, 0.15) is 0 Å². The Morgan fingerprint density at radius 3 is 3.00 bits per heavy atom. The van der Waals surface area contributed by atoms with Gasteiger partial charge in [0.05, 0.1) is 11.9 Å². The Labute approximate surface area is 75.0 Å². The van der Waals surface area contributed by atoms with Crippen LogP contribution in [0.15, 0.2) is 29.4 Å². The van der Waals surface area contributed by atoms with Crippen LogP contribution in [-0.4, -0.2) is 12.5 Å². The summed E-state index contributed by atoms with van der Waals surface area (Å²) in [4.78, 5) is 9.85. The zero-order valence-electron chi connectivity index (χ0n) is 6.20. The number of anilines is 1. The molecule has 0 spiro atoms. The number of halogens is 1. The Balaban J connectivity index is 2.63. The summed E-state index contributed by atoms with van der Waals surface area (Å²) in [6.45, 7) is 0. The lowest BCUT2D eigenvalue weighted by Gasteiger charge is -1.98. The molecule has 0 aliphatic heterocycles. The number of aldehydes is 1. The molecule has 0 saturated heterocycles. The maximum Gasteiger partial charge on any atom is 0.162 e. The second-order valence-corrected chi connectivity index (χ2v) is 2.47. The third kappa shape index (κ3) is 2.72. The lowest BCUT2D eigenvalue weighted by atomic mass is 10.3. The number of hydrogen-bond donors (Lipinski definition) is 1. The highest BCUT2D eigenvalue weighted by Gasteiger charge is 1.89. The van der Waals surface area contributed by atoms with Gasteiger partial charge in [-0.1, -0.05) is 17.7 Å². The summed E-state index contributed by atoms with van der Waals surface area (Å²) in [5.74, 6) is 0. The molecule has 1 rings (SSSR count). The van der Waals surface area contributed by atoms with Crippen molar-refractivity contribution < 1.29 is 4.79 Å². The van der Waals surface area contributed by atoms with Gasteiger partial charge in [-0.05, 0) is 18.2 Å². The highest BCUT2D eigenvalue weighted by molar-refractivity contribution is 6.30. The molecule has 0 bridgehead atoms. The van der Waals surface area contributed by atoms with Crippen LogP contribution in [-0.2, 0) is 4.79 Å². The first kappa shape index (κ1) is 8.74. The highest BCUT2D eigenvalue weighted by Crippen LogP contribution is 2.14. The fourth-order valence-electron chi connectivity index (χ4n) is 0.700. The molecule has 1 aromatic rings. The summed E-state index contributed by atoms with van der Waals surface area (Å²) in [6.07, 6.45) is 1.72. The van der Waals surface area contributed by atoms with Crippen LogP contribution in [0.25, 0.3) is 0 Å². The van der Waals surface area contributed by atoms with E-state index in [0.29, 0.717) is 11.3 Å². The summed E-state index contributed by atoms with van der Waals surface area (Å²) >= 11 is 5.70. The van der Waals surface area contributed by atoms with Crippen molar-refractivity contribution in [3.8, 4) is 0 Å². The van der Waals surface area contributed by atoms with Crippen LogP contribution in [0.1, 0.15) is 0 Å². The summed E-state index contributed by atoms with van der Waals surface area (Å²) in [7, 11) is 0. The average molecular weight is 183 g/mol. The molecule has 0 fully saturated rings. The Morgan fingerprint density at radius 1 is 1.50 bits per heavy atom. The van der Waals surface area contributed by atoms with Gasteiger partial charge >= 0.3 is 0 Å². The second kappa shape index (κ2) is 4.51. The number of benzene rings is 1. The number of nitrogens with zero attached hydrogens (tertiary/aromatic N) is 1. The molecule has 0 aliphatic carbocycles. The van der Waals surface area contributed by atoms with E-state index in [1.165, 1.54) is 0 Å². The van der Waals surface area contributed by atoms with Gasteiger partial charge in [0.25, 0.3) is 0 Å². The number of carbonyl (C=O) groups is 1. The van der Waals surface area contributed by atoms with Gasteiger partial charge in [-0.3, -0.25) is 10.2 Å². The molecule has 0 atom stereocenters. The van der Waals surface area contributed by atoms with E-state index < -0.39 is 0 Å². The third-order valence-corrected chi connectivity index (χ3v) is 1.39. The van der Waals surface area contributed by atoms with E-state index in [9.17, 15) is 4.79 Å². The zero-order valence-corrected chi connectivity index (χ0v) is 6.95. The van der Waals surface area contributed by atoms with E-state index in [2.05, 4.69) is 10.5 Å². The molecule has 0 amide bonds. The molecule has 3 nitrogen and oxygen atoms in total. The minimum Gasteiger partial charge on any atom is -0.297 e. The Kier molecular flexibility index (Phi) is 3.29. The summed E-state index contributed by atoms with van der Waals surface area (Å²) in [5, 5.41) is 4.23. The molecule has 62 valence electrons. The van der Waals surface area contributed by atoms with E-state index in [-0.39, 0.29) is 0 Å². The molecular weight excluding hydrogens is 176 g/mol. The Hall–Kier alpha value is -1.35. The van der Waals surface area contributed by atoms with Gasteiger partial charge in [0.2, 0.25) is 0 Å². The Bertz CT molecular complexity index is 299. The first-order valence-corrected chi connectivity index (χ1v) is 3.69. The minimum absolute atomic E-state index is 0.595. The first-order valence-electron chi connectivity index (χ1n) is 3.31. The topological polar surface area (TPSA) is 41.5 Å². The van der Waals surface area contributed by atoms with Crippen molar-refractivity contribution in [2.24, 2.45) is 5.10 Å². The first-order chi connectivity index (χ1) is 5.83. The van der Waals surface area contributed by atoms with E-state index in [1.807, 2.05) is 0 Å². The monoisotopic (exact) mass is 182 g/mol. The number of carbonyl (C=O) groups excluding carboxylic acids is 1. The zero-order chi connectivity index (χ0) is 8.81. The predicted molar refractivity (Wildman–Crippen MR) is 49.6 cm³/mol. The van der Waals surface area contributed by atoms with Crippen molar-refractivity contribution in [2.45, 2.75) is 0 Å². The lowest BCUT2D eigenvalue weighted by molar-refractivity contribution is -0.102. The predicted octanol–water partition coefficient (Wildman–Crippen LogP) is 1.94. The van der Waals surface area contributed by atoms with Crippen LogP contribution in [0.3, 0.4) is 0 Å². The van der Waals surface area contributed by atoms with Gasteiger partial charge in [0.15, 0.2) is 6.29 Å². The van der Waals surface area contributed by atoms with Crippen LogP contribution in [0.5, 0.6) is 0 Å². The van der Waals surface area contributed by atoms with Crippen LogP contribution in [0.4, 0.5) is 5.69 Å². The molecule has 4 heteroatoms. The molecule has 1 aromatic carbocycles. The summed E-state index contributed by atoms with van der Waals surface area (Å²) in [6, 6.07) is 7.06. The van der Waals surface area contributed by atoms with E-state index >= 15 is 0 Å². The number of hydrazone groups is 1. The minimum atomic E-state index is 0.595. The number of nitrogens with one attached hydrogen (secondary N) is 1. The highest BCUT2D eigenvalue weighted by atomic mass is 35.5. The number of rotatable bonds is 3. The fraction of sp³-hybridized carbons (Fsp3) is 0. The largest absolute Gasteiger partial charge is 0.297 e. The van der Waals surface area contributed by atoms with Crippen LogP contribution >= 0.6 is 11.6 Å². The normalized spacial score (nSPS) is 10.1. The molecule has 0 aliphatic rings. The van der Waals surface area contributed by atoms with Crippen LogP contribution < -0.4 is 5.43 Å². The smallest absolute Gasteiger partial charge is 0.162 e. The van der Waals surface area contributed by atoms with Crippen molar-refractivity contribution in [1.29, 1.82) is 0 Å². The maximum absolute atomic E-state index is 9.85. The van der Waals surface area contributed by atoms with E-state index in [0.717, 1.165) is 11.9 Å². The number of hydrogen-bond acceptors (Lipinski definition) is 3. The van der Waals surface area contributed by atoms with Crippen molar-refractivity contribution >= 4 is 29.8 Å². The molecule has 12 heavy (non-hydrogen) atoms. The van der Waals surface area contributed by atoms with Gasteiger partial charge in [-0.15, -0.1) is 0 Å². The molecule has 0 radical (unpaired) electrons. The summed E-state index contributed by atoms with van der Waals surface area (Å²) < 4.78 is 0. The van der Waals surface area contributed by atoms with Crippen molar-refractivity contribution in [1.82, 2.24) is 0 Å². The fourth-order valence-corrected chi connectivity index (χ4v) is 0.891. The standard InChI is InChI=1S/C8H7ClN2O/c9-7-2-1-3-8(6-7)11-10-4-5-12/h1-6,11H. The quantitative estimate of drug-likeness (QED) is 0.441. The van der Waals surface area contributed by atoms with Gasteiger partial charge in [-0.2, -0.15) is 5.10 Å². The maximum atomic E-state index is 9.85. The third-order valence-electron chi connectivity index (χ3n) is 1.15. The summed E-state index contributed by atoms with van der Waals surface area (Å²) in [5.41, 5.74) is 3.39. The van der Waals surface area contributed by atoms with Crippen LogP contribution in [0.2, 0.25) is 5.02 Å². The average Bonchev–Trinajstić information content (AvgIpc) is 2.05. The second-order valence-electron chi connectivity index (χ2n) is 2.04. The molecule has 0 saturated carbocycles. The Morgan fingerprint density at radius 2 is 2.33 bits per heavy atom. The SMILES string of the molecule is O=CC=NNc1cccc(Cl)c1. The van der Waals surface area contributed by atoms with Crippen molar-refractivity contribution in [2.75, 3.05) is 5.43 Å².